The van der Waals surface area contributed by atoms with Gasteiger partial charge in [0, 0.05) is 13.6 Å². The van der Waals surface area contributed by atoms with E-state index < -0.39 is 15.7 Å². The van der Waals surface area contributed by atoms with Gasteiger partial charge in [0.05, 0.1) is 18.4 Å². The maximum atomic E-state index is 13.8. The van der Waals surface area contributed by atoms with E-state index in [1.807, 2.05) is 31.2 Å². The lowest BCUT2D eigenvalue weighted by Gasteiger charge is -2.19. The number of ether oxygens (including phenoxy) is 1. The molecule has 0 radical (unpaired) electrons. The topological polar surface area (TPSA) is 79.8 Å². The van der Waals surface area contributed by atoms with Gasteiger partial charge in [-0.15, -0.1) is 0 Å². The number of nitrogens with zero attached hydrogens (tertiary/aromatic N) is 1. The molecule has 0 bridgehead atoms. The van der Waals surface area contributed by atoms with Gasteiger partial charge in [-0.2, -0.15) is 0 Å². The van der Waals surface area contributed by atoms with Crippen LogP contribution in [0.2, 0.25) is 0 Å². The molecule has 0 aromatic heterocycles. The van der Waals surface area contributed by atoms with E-state index in [-0.39, 0.29) is 23.2 Å². The van der Waals surface area contributed by atoms with Crippen molar-refractivity contribution in [3.63, 3.8) is 0 Å². The smallest absolute Gasteiger partial charge is 0.191 e. The second kappa shape index (κ2) is 11.0. The Hall–Kier alpha value is -2.61. The summed E-state index contributed by atoms with van der Waals surface area (Å²) in [7, 11) is -2.12. The van der Waals surface area contributed by atoms with Gasteiger partial charge in [0.25, 0.3) is 0 Å². The Kier molecular flexibility index (Phi) is 8.65. The molecule has 1 unspecified atom stereocenters. The van der Waals surface area contributed by atoms with Crippen molar-refractivity contribution in [3.05, 3.63) is 59.9 Å². The van der Waals surface area contributed by atoms with Gasteiger partial charge in [-0.3, -0.25) is 4.99 Å². The number of hydrogen-bond donors (Lipinski definition) is 2. The molecule has 0 spiro atoms. The summed E-state index contributed by atoms with van der Waals surface area (Å²) in [5, 5.41) is 6.19. The van der Waals surface area contributed by atoms with Crippen LogP contribution in [-0.2, 0) is 9.84 Å². The standard InChI is InChI=1S/C22H30FN3O3S/c1-16(2)15-29-19-11-9-18(10-12-19)17(3)26-22(24-4)25-13-14-30(27,28)21-8-6-5-7-20(21)23/h5-12,16-17H,13-15H2,1-4H3,(H2,24,25,26). The first-order valence-electron chi connectivity index (χ1n) is 9.90. The van der Waals surface area contributed by atoms with Crippen molar-refractivity contribution in [2.45, 2.75) is 31.7 Å². The third-order valence-electron chi connectivity index (χ3n) is 4.38. The van der Waals surface area contributed by atoms with Crippen molar-refractivity contribution in [3.8, 4) is 5.75 Å². The highest BCUT2D eigenvalue weighted by Crippen LogP contribution is 2.18. The predicted molar refractivity (Wildman–Crippen MR) is 118 cm³/mol. The quantitative estimate of drug-likeness (QED) is 0.465. The monoisotopic (exact) mass is 435 g/mol. The molecule has 0 aliphatic rings. The highest BCUT2D eigenvalue weighted by Gasteiger charge is 2.18. The van der Waals surface area contributed by atoms with E-state index in [0.717, 1.165) is 17.4 Å². The van der Waals surface area contributed by atoms with Gasteiger partial charge in [0.1, 0.15) is 16.5 Å². The highest BCUT2D eigenvalue weighted by molar-refractivity contribution is 7.91. The molecule has 0 saturated carbocycles. The largest absolute Gasteiger partial charge is 0.493 e. The lowest BCUT2D eigenvalue weighted by molar-refractivity contribution is 0.271. The summed E-state index contributed by atoms with van der Waals surface area (Å²) in [6.07, 6.45) is 0. The lowest BCUT2D eigenvalue weighted by atomic mass is 10.1. The zero-order valence-corrected chi connectivity index (χ0v) is 18.7. The minimum absolute atomic E-state index is 0.0569. The minimum atomic E-state index is -3.73. The molecule has 1 atom stereocenters. The third kappa shape index (κ3) is 7.02. The maximum absolute atomic E-state index is 13.8. The molecule has 30 heavy (non-hydrogen) atoms. The summed E-state index contributed by atoms with van der Waals surface area (Å²) < 4.78 is 44.1. The number of nitrogens with one attached hydrogen (secondary N) is 2. The fourth-order valence-electron chi connectivity index (χ4n) is 2.71. The molecule has 0 heterocycles. The van der Waals surface area contributed by atoms with Crippen LogP contribution in [-0.4, -0.2) is 40.3 Å². The van der Waals surface area contributed by atoms with Gasteiger partial charge in [0.15, 0.2) is 15.8 Å². The summed E-state index contributed by atoms with van der Waals surface area (Å²) in [5.74, 6) is 0.758. The Morgan fingerprint density at radius 1 is 1.10 bits per heavy atom. The SMILES string of the molecule is CN=C(NCCS(=O)(=O)c1ccccc1F)NC(C)c1ccc(OCC(C)C)cc1. The third-order valence-corrected chi connectivity index (χ3v) is 6.12. The molecule has 0 fully saturated rings. The summed E-state index contributed by atoms with van der Waals surface area (Å²) in [6.45, 7) is 6.94. The number of rotatable bonds is 9. The number of guanidine groups is 1. The maximum Gasteiger partial charge on any atom is 0.191 e. The molecule has 8 heteroatoms. The Labute approximate surface area is 178 Å². The van der Waals surface area contributed by atoms with Crippen molar-refractivity contribution >= 4 is 15.8 Å². The van der Waals surface area contributed by atoms with Crippen molar-refractivity contribution < 1.29 is 17.5 Å². The van der Waals surface area contributed by atoms with Crippen molar-refractivity contribution in [1.82, 2.24) is 10.6 Å². The van der Waals surface area contributed by atoms with Crippen LogP contribution in [0.4, 0.5) is 4.39 Å². The minimum Gasteiger partial charge on any atom is -0.493 e. The van der Waals surface area contributed by atoms with Crippen LogP contribution >= 0.6 is 0 Å². The number of sulfone groups is 1. The molecule has 2 aromatic carbocycles. The van der Waals surface area contributed by atoms with Gasteiger partial charge in [-0.25, -0.2) is 12.8 Å². The molecule has 0 aliphatic heterocycles. The Balaban J connectivity index is 1.89. The first-order valence-corrected chi connectivity index (χ1v) is 11.6. The first kappa shape index (κ1) is 23.7. The Morgan fingerprint density at radius 2 is 1.77 bits per heavy atom. The van der Waals surface area contributed by atoms with E-state index in [9.17, 15) is 12.8 Å². The average Bonchev–Trinajstić information content (AvgIpc) is 2.71. The molecule has 164 valence electrons. The molecule has 2 N–H and O–H groups in total. The van der Waals surface area contributed by atoms with Crippen LogP contribution in [0.5, 0.6) is 5.75 Å². The molecule has 2 rings (SSSR count). The highest BCUT2D eigenvalue weighted by atomic mass is 32.2. The van der Waals surface area contributed by atoms with E-state index in [0.29, 0.717) is 18.5 Å². The summed E-state index contributed by atoms with van der Waals surface area (Å²) in [5.41, 5.74) is 1.04. The van der Waals surface area contributed by atoms with E-state index >= 15 is 0 Å². The summed E-state index contributed by atoms with van der Waals surface area (Å²) in [4.78, 5) is 3.84. The van der Waals surface area contributed by atoms with E-state index in [1.165, 1.54) is 18.2 Å². The predicted octanol–water partition coefficient (Wildman–Crippen LogP) is 3.56. The second-order valence-corrected chi connectivity index (χ2v) is 9.47. The zero-order chi connectivity index (χ0) is 22.1. The van der Waals surface area contributed by atoms with Crippen LogP contribution in [0.25, 0.3) is 0 Å². The van der Waals surface area contributed by atoms with Crippen LogP contribution in [0.15, 0.2) is 58.4 Å². The van der Waals surface area contributed by atoms with Gasteiger partial charge in [-0.05, 0) is 42.7 Å². The molecule has 0 saturated heterocycles. The Bertz CT molecular complexity index is 944. The fraction of sp³-hybridized carbons (Fsp3) is 0.409. The first-order chi connectivity index (χ1) is 14.2. The summed E-state index contributed by atoms with van der Waals surface area (Å²) >= 11 is 0. The normalized spacial score (nSPS) is 13.2. The summed E-state index contributed by atoms with van der Waals surface area (Å²) in [6, 6.07) is 13.1. The van der Waals surface area contributed by atoms with Crippen LogP contribution in [0, 0.1) is 11.7 Å². The molecular weight excluding hydrogens is 405 g/mol. The van der Waals surface area contributed by atoms with Crippen molar-refractivity contribution in [2.75, 3.05) is 26.0 Å². The van der Waals surface area contributed by atoms with Crippen LogP contribution in [0.3, 0.4) is 0 Å². The van der Waals surface area contributed by atoms with Gasteiger partial charge in [0.2, 0.25) is 0 Å². The fourth-order valence-corrected chi connectivity index (χ4v) is 3.95. The van der Waals surface area contributed by atoms with Gasteiger partial charge >= 0.3 is 0 Å². The van der Waals surface area contributed by atoms with Gasteiger partial charge in [-0.1, -0.05) is 38.1 Å². The molecule has 2 aromatic rings. The number of benzene rings is 2. The van der Waals surface area contributed by atoms with Crippen molar-refractivity contribution in [1.29, 1.82) is 0 Å². The van der Waals surface area contributed by atoms with E-state index in [2.05, 4.69) is 29.5 Å². The van der Waals surface area contributed by atoms with E-state index in [1.54, 1.807) is 7.05 Å². The Morgan fingerprint density at radius 3 is 2.37 bits per heavy atom. The lowest BCUT2D eigenvalue weighted by Crippen LogP contribution is -2.40. The average molecular weight is 436 g/mol. The van der Waals surface area contributed by atoms with Crippen LogP contribution in [0.1, 0.15) is 32.4 Å². The number of hydrogen-bond acceptors (Lipinski definition) is 4. The molecule has 0 aliphatic carbocycles. The zero-order valence-electron chi connectivity index (χ0n) is 17.9. The second-order valence-electron chi connectivity index (χ2n) is 7.39. The molecule has 0 amide bonds. The van der Waals surface area contributed by atoms with Gasteiger partial charge < -0.3 is 15.4 Å². The van der Waals surface area contributed by atoms with Crippen LogP contribution < -0.4 is 15.4 Å². The number of halogens is 1. The molecule has 6 nitrogen and oxygen atoms in total. The van der Waals surface area contributed by atoms with E-state index in [4.69, 9.17) is 4.74 Å². The van der Waals surface area contributed by atoms with Crippen molar-refractivity contribution in [2.24, 2.45) is 10.9 Å². The number of aliphatic imine (C=N–C) groups is 1. The molecular formula is C22H30FN3O3S.